The summed E-state index contributed by atoms with van der Waals surface area (Å²) in [4.78, 5) is 2.28. The highest BCUT2D eigenvalue weighted by Gasteiger charge is 2.25. The van der Waals surface area contributed by atoms with E-state index in [2.05, 4.69) is 11.8 Å². The lowest BCUT2D eigenvalue weighted by molar-refractivity contribution is 0.196. The molecule has 0 aromatic carbocycles. The second kappa shape index (κ2) is 5.82. The predicted octanol–water partition coefficient (Wildman–Crippen LogP) is 0.754. The number of hydrogen-bond acceptors (Lipinski definition) is 3. The van der Waals surface area contributed by atoms with Gasteiger partial charge in [0.1, 0.15) is 0 Å². The largest absolute Gasteiger partial charge is 0.301 e. The maximum absolute atomic E-state index is 11.8. The van der Waals surface area contributed by atoms with Crippen LogP contribution in [0, 0.1) is 0 Å². The van der Waals surface area contributed by atoms with Gasteiger partial charge in [-0.05, 0) is 13.0 Å². The summed E-state index contributed by atoms with van der Waals surface area (Å²) in [5.41, 5.74) is 0. The van der Waals surface area contributed by atoms with Crippen LogP contribution in [0.15, 0.2) is 0 Å². The molecule has 0 radical (unpaired) electrons. The normalized spacial score (nSPS) is 20.7. The Kier molecular flexibility index (Phi) is 5.02. The number of likely N-dealkylation sites (N-methyl/N-ethyl adjacent to an activating group) is 1. The van der Waals surface area contributed by atoms with Crippen LogP contribution in [0.4, 0.5) is 0 Å². The third kappa shape index (κ3) is 3.74. The van der Waals surface area contributed by atoms with E-state index in [9.17, 15) is 8.42 Å². The number of sulfonamides is 1. The number of unbranched alkanes of at least 4 members (excludes halogenated alkanes) is 1. The zero-order valence-electron chi connectivity index (χ0n) is 9.78. The lowest BCUT2D eigenvalue weighted by Crippen LogP contribution is -2.49. The van der Waals surface area contributed by atoms with Gasteiger partial charge in [-0.25, -0.2) is 8.42 Å². The third-order valence-electron chi connectivity index (χ3n) is 2.93. The van der Waals surface area contributed by atoms with Gasteiger partial charge >= 0.3 is 0 Å². The van der Waals surface area contributed by atoms with Crippen LogP contribution < -0.4 is 0 Å². The highest BCUT2D eigenvalue weighted by atomic mass is 32.2. The summed E-state index contributed by atoms with van der Waals surface area (Å²) in [6.07, 6.45) is 1.71. The van der Waals surface area contributed by atoms with E-state index < -0.39 is 10.0 Å². The first-order chi connectivity index (χ1) is 7.10. The minimum Gasteiger partial charge on any atom is -0.301 e. The zero-order chi connectivity index (χ0) is 11.3. The number of nitrogens with zero attached hydrogens (tertiary/aromatic N) is 2. The van der Waals surface area contributed by atoms with Crippen molar-refractivity contribution in [1.29, 1.82) is 0 Å². The molecule has 90 valence electrons. The number of hydrogen-bond donors (Lipinski definition) is 0. The molecule has 1 saturated heterocycles. The van der Waals surface area contributed by atoms with E-state index in [1.807, 2.05) is 6.92 Å². The Morgan fingerprint density at radius 2 is 1.67 bits per heavy atom. The van der Waals surface area contributed by atoms with Crippen molar-refractivity contribution in [2.75, 3.05) is 38.5 Å². The molecule has 0 N–H and O–H groups in total. The average molecular weight is 234 g/mol. The maximum Gasteiger partial charge on any atom is 0.214 e. The molecule has 0 spiro atoms. The SMILES string of the molecule is CCCCS(=O)(=O)N1CCN(CC)CC1. The Morgan fingerprint density at radius 3 is 2.13 bits per heavy atom. The van der Waals surface area contributed by atoms with Crippen LogP contribution in [-0.2, 0) is 10.0 Å². The van der Waals surface area contributed by atoms with Crippen LogP contribution in [0.5, 0.6) is 0 Å². The summed E-state index contributed by atoms with van der Waals surface area (Å²) >= 11 is 0. The molecular weight excluding hydrogens is 212 g/mol. The standard InChI is InChI=1S/C10H22N2O2S/c1-3-5-10-15(13,14)12-8-6-11(4-2)7-9-12/h3-10H2,1-2H3. The molecule has 1 heterocycles. The molecule has 0 unspecified atom stereocenters. The molecule has 0 atom stereocenters. The molecule has 0 aromatic rings. The highest BCUT2D eigenvalue weighted by molar-refractivity contribution is 7.89. The lowest BCUT2D eigenvalue weighted by Gasteiger charge is -2.33. The second-order valence-corrected chi connectivity index (χ2v) is 6.09. The fourth-order valence-corrected chi connectivity index (χ4v) is 3.41. The van der Waals surface area contributed by atoms with Gasteiger partial charge in [0, 0.05) is 26.2 Å². The van der Waals surface area contributed by atoms with Crippen LogP contribution in [0.2, 0.25) is 0 Å². The molecule has 0 amide bonds. The molecule has 15 heavy (non-hydrogen) atoms. The molecule has 1 rings (SSSR count). The second-order valence-electron chi connectivity index (χ2n) is 4.00. The Labute approximate surface area is 93.3 Å². The summed E-state index contributed by atoms with van der Waals surface area (Å²) in [5.74, 6) is 0.315. The van der Waals surface area contributed by atoms with E-state index in [0.29, 0.717) is 18.8 Å². The van der Waals surface area contributed by atoms with Gasteiger partial charge < -0.3 is 4.90 Å². The predicted molar refractivity (Wildman–Crippen MR) is 62.4 cm³/mol. The van der Waals surface area contributed by atoms with E-state index in [1.54, 1.807) is 4.31 Å². The third-order valence-corrected chi connectivity index (χ3v) is 4.88. The van der Waals surface area contributed by atoms with Gasteiger partial charge in [0.2, 0.25) is 10.0 Å². The molecule has 0 aliphatic carbocycles. The van der Waals surface area contributed by atoms with E-state index >= 15 is 0 Å². The Morgan fingerprint density at radius 1 is 1.07 bits per heavy atom. The summed E-state index contributed by atoms with van der Waals surface area (Å²) in [6, 6.07) is 0. The number of piperazine rings is 1. The van der Waals surface area contributed by atoms with Gasteiger partial charge in [-0.2, -0.15) is 4.31 Å². The van der Waals surface area contributed by atoms with Gasteiger partial charge in [-0.3, -0.25) is 0 Å². The van der Waals surface area contributed by atoms with Crippen molar-refractivity contribution in [3.63, 3.8) is 0 Å². The van der Waals surface area contributed by atoms with Crippen molar-refractivity contribution in [3.8, 4) is 0 Å². The highest BCUT2D eigenvalue weighted by Crippen LogP contribution is 2.09. The van der Waals surface area contributed by atoms with Gasteiger partial charge in [0.25, 0.3) is 0 Å². The Hall–Kier alpha value is -0.130. The van der Waals surface area contributed by atoms with Gasteiger partial charge in [0.15, 0.2) is 0 Å². The molecular formula is C10H22N2O2S. The van der Waals surface area contributed by atoms with Crippen LogP contribution in [-0.4, -0.2) is 56.1 Å². The van der Waals surface area contributed by atoms with E-state index in [-0.39, 0.29) is 0 Å². The van der Waals surface area contributed by atoms with Gasteiger partial charge in [-0.15, -0.1) is 0 Å². The van der Waals surface area contributed by atoms with E-state index in [0.717, 1.165) is 32.5 Å². The van der Waals surface area contributed by atoms with Crippen molar-refractivity contribution >= 4 is 10.0 Å². The average Bonchev–Trinajstić information content (AvgIpc) is 2.26. The van der Waals surface area contributed by atoms with Crippen LogP contribution in [0.25, 0.3) is 0 Å². The quantitative estimate of drug-likeness (QED) is 0.705. The molecule has 5 heteroatoms. The molecule has 1 aliphatic heterocycles. The van der Waals surface area contributed by atoms with Crippen LogP contribution in [0.1, 0.15) is 26.7 Å². The fraction of sp³-hybridized carbons (Fsp3) is 1.00. The van der Waals surface area contributed by atoms with Crippen molar-refractivity contribution in [2.24, 2.45) is 0 Å². The Balaban J connectivity index is 2.45. The summed E-state index contributed by atoms with van der Waals surface area (Å²) in [7, 11) is -2.97. The molecule has 0 aromatic heterocycles. The molecule has 1 fully saturated rings. The first kappa shape index (κ1) is 12.9. The van der Waals surface area contributed by atoms with E-state index in [1.165, 1.54) is 0 Å². The van der Waals surface area contributed by atoms with Gasteiger partial charge in [0.05, 0.1) is 5.75 Å². The topological polar surface area (TPSA) is 40.6 Å². The summed E-state index contributed by atoms with van der Waals surface area (Å²) in [5, 5.41) is 0. The van der Waals surface area contributed by atoms with E-state index in [4.69, 9.17) is 0 Å². The monoisotopic (exact) mass is 234 g/mol. The molecule has 1 aliphatic rings. The van der Waals surface area contributed by atoms with Gasteiger partial charge in [-0.1, -0.05) is 20.3 Å². The molecule has 4 nitrogen and oxygen atoms in total. The van der Waals surface area contributed by atoms with Crippen LogP contribution >= 0.6 is 0 Å². The fourth-order valence-electron chi connectivity index (χ4n) is 1.78. The minimum absolute atomic E-state index is 0.315. The van der Waals surface area contributed by atoms with Crippen molar-refractivity contribution in [2.45, 2.75) is 26.7 Å². The van der Waals surface area contributed by atoms with Crippen LogP contribution in [0.3, 0.4) is 0 Å². The molecule has 0 saturated carbocycles. The van der Waals surface area contributed by atoms with Crippen molar-refractivity contribution in [1.82, 2.24) is 9.21 Å². The zero-order valence-corrected chi connectivity index (χ0v) is 10.6. The minimum atomic E-state index is -2.97. The summed E-state index contributed by atoms with van der Waals surface area (Å²) in [6.45, 7) is 8.23. The molecule has 0 bridgehead atoms. The first-order valence-electron chi connectivity index (χ1n) is 5.80. The first-order valence-corrected chi connectivity index (χ1v) is 7.41. The maximum atomic E-state index is 11.8. The summed E-state index contributed by atoms with van der Waals surface area (Å²) < 4.78 is 25.3. The Bertz CT molecular complexity index is 269. The van der Waals surface area contributed by atoms with Crippen molar-refractivity contribution < 1.29 is 8.42 Å². The van der Waals surface area contributed by atoms with Crippen molar-refractivity contribution in [3.05, 3.63) is 0 Å². The lowest BCUT2D eigenvalue weighted by atomic mass is 10.4. The number of rotatable bonds is 5. The smallest absolute Gasteiger partial charge is 0.214 e.